The number of hydrogen-bond donors (Lipinski definition) is 1. The lowest BCUT2D eigenvalue weighted by molar-refractivity contribution is -0.148. The van der Waals surface area contributed by atoms with Crippen molar-refractivity contribution >= 4 is 23.7 Å². The van der Waals surface area contributed by atoms with Crippen LogP contribution < -0.4 is 4.90 Å². The summed E-state index contributed by atoms with van der Waals surface area (Å²) in [6, 6.07) is 9.54. The number of nitrogens with zero attached hydrogens (tertiary/aromatic N) is 3. The Morgan fingerprint density at radius 2 is 1.85 bits per heavy atom. The van der Waals surface area contributed by atoms with Gasteiger partial charge in [-0.1, -0.05) is 18.2 Å². The molecule has 0 aliphatic carbocycles. The van der Waals surface area contributed by atoms with Gasteiger partial charge in [0.2, 0.25) is 0 Å². The van der Waals surface area contributed by atoms with Gasteiger partial charge in [-0.2, -0.15) is 0 Å². The second kappa shape index (κ2) is 7.23. The van der Waals surface area contributed by atoms with Crippen LogP contribution in [0.4, 0.5) is 10.5 Å². The van der Waals surface area contributed by atoms with Crippen molar-refractivity contribution in [1.82, 2.24) is 9.80 Å². The van der Waals surface area contributed by atoms with E-state index in [1.807, 2.05) is 35.2 Å². The average molecular weight is 361 g/mol. The number of para-hydroxylation sites is 1. The maximum absolute atomic E-state index is 13.2. The van der Waals surface area contributed by atoms with Gasteiger partial charge in [-0.25, -0.2) is 4.79 Å². The molecule has 1 N–H and O–H groups in total. The molecule has 140 valence electrons. The van der Waals surface area contributed by atoms with Gasteiger partial charge >= 0.3 is 12.1 Å². The van der Waals surface area contributed by atoms with Gasteiger partial charge in [0, 0.05) is 18.8 Å². The molecule has 2 amide bonds. The fourth-order valence-corrected chi connectivity index (χ4v) is 3.75. The lowest BCUT2D eigenvalue weighted by Gasteiger charge is -2.42. The Balaban J connectivity index is 1.87. The maximum Gasteiger partial charge on any atom is 0.407 e. The molecule has 8 heteroatoms. The van der Waals surface area contributed by atoms with E-state index in [0.717, 1.165) is 5.69 Å². The molecule has 1 aromatic rings. The minimum atomic E-state index is -0.972. The lowest BCUT2D eigenvalue weighted by Crippen LogP contribution is -2.57. The highest BCUT2D eigenvalue weighted by Crippen LogP contribution is 2.39. The van der Waals surface area contributed by atoms with Crippen LogP contribution in [0.15, 0.2) is 30.3 Å². The summed E-state index contributed by atoms with van der Waals surface area (Å²) in [4.78, 5) is 41.1. The number of piperidine rings is 1. The van der Waals surface area contributed by atoms with Gasteiger partial charge in [-0.05, 0) is 31.9 Å². The molecule has 0 aromatic heterocycles. The lowest BCUT2D eigenvalue weighted by atomic mass is 9.85. The third kappa shape index (κ3) is 3.18. The van der Waals surface area contributed by atoms with Gasteiger partial charge in [-0.15, -0.1) is 0 Å². The van der Waals surface area contributed by atoms with E-state index < -0.39 is 17.6 Å². The number of anilines is 1. The van der Waals surface area contributed by atoms with Crippen LogP contribution in [0.1, 0.15) is 19.8 Å². The second-order valence-corrected chi connectivity index (χ2v) is 6.51. The minimum Gasteiger partial charge on any atom is -0.465 e. The normalized spacial score (nSPS) is 19.1. The number of rotatable bonds is 4. The number of amides is 2. The predicted octanol–water partition coefficient (Wildman–Crippen LogP) is 1.37. The summed E-state index contributed by atoms with van der Waals surface area (Å²) < 4.78 is 4.98. The van der Waals surface area contributed by atoms with Gasteiger partial charge in [0.05, 0.1) is 13.3 Å². The van der Waals surface area contributed by atoms with Crippen LogP contribution in [0.3, 0.4) is 0 Å². The Morgan fingerprint density at radius 3 is 2.42 bits per heavy atom. The molecule has 1 spiro atoms. The van der Waals surface area contributed by atoms with Gasteiger partial charge in [-0.3, -0.25) is 9.59 Å². The zero-order chi connectivity index (χ0) is 18.7. The first-order chi connectivity index (χ1) is 12.5. The van der Waals surface area contributed by atoms with Crippen molar-refractivity contribution in [3.05, 3.63) is 30.3 Å². The number of benzene rings is 1. The minimum absolute atomic E-state index is 0.0968. The van der Waals surface area contributed by atoms with Gasteiger partial charge < -0.3 is 24.5 Å². The molecule has 0 unspecified atom stereocenters. The van der Waals surface area contributed by atoms with Crippen molar-refractivity contribution in [2.75, 3.05) is 37.8 Å². The quantitative estimate of drug-likeness (QED) is 0.815. The summed E-state index contributed by atoms with van der Waals surface area (Å²) >= 11 is 0. The molecule has 3 rings (SSSR count). The summed E-state index contributed by atoms with van der Waals surface area (Å²) in [6.07, 6.45) is -0.182. The second-order valence-electron chi connectivity index (χ2n) is 6.51. The first-order valence-electron chi connectivity index (χ1n) is 8.73. The smallest absolute Gasteiger partial charge is 0.407 e. The highest BCUT2D eigenvalue weighted by molar-refractivity contribution is 5.95. The first-order valence-corrected chi connectivity index (χ1v) is 8.73. The highest BCUT2D eigenvalue weighted by Gasteiger charge is 2.54. The predicted molar refractivity (Wildman–Crippen MR) is 93.7 cm³/mol. The van der Waals surface area contributed by atoms with E-state index in [4.69, 9.17) is 4.74 Å². The van der Waals surface area contributed by atoms with E-state index >= 15 is 0 Å². The van der Waals surface area contributed by atoms with Crippen LogP contribution in [0.2, 0.25) is 0 Å². The van der Waals surface area contributed by atoms with Crippen molar-refractivity contribution < 1.29 is 24.2 Å². The average Bonchev–Trinajstić information content (AvgIpc) is 2.89. The molecule has 0 radical (unpaired) electrons. The number of likely N-dealkylation sites (tertiary alicyclic amines) is 1. The number of carbonyl (C=O) groups excluding carboxylic acids is 2. The van der Waals surface area contributed by atoms with E-state index in [9.17, 15) is 19.5 Å². The summed E-state index contributed by atoms with van der Waals surface area (Å²) in [6.45, 7) is 2.76. The molecule has 0 atom stereocenters. The maximum atomic E-state index is 13.2. The largest absolute Gasteiger partial charge is 0.465 e. The zero-order valence-corrected chi connectivity index (χ0v) is 14.8. The van der Waals surface area contributed by atoms with E-state index in [2.05, 4.69) is 0 Å². The molecule has 26 heavy (non-hydrogen) atoms. The molecule has 2 aliphatic heterocycles. The Hall–Kier alpha value is -2.77. The van der Waals surface area contributed by atoms with Gasteiger partial charge in [0.1, 0.15) is 12.1 Å². The molecule has 2 saturated heterocycles. The number of hydrogen-bond acceptors (Lipinski definition) is 5. The topological polar surface area (TPSA) is 90.4 Å². The monoisotopic (exact) mass is 361 g/mol. The van der Waals surface area contributed by atoms with Crippen molar-refractivity contribution in [2.45, 2.75) is 25.3 Å². The van der Waals surface area contributed by atoms with Crippen molar-refractivity contribution in [1.29, 1.82) is 0 Å². The number of carboxylic acid groups (broad SMARTS) is 1. The Labute approximate surface area is 151 Å². The highest BCUT2D eigenvalue weighted by atomic mass is 16.5. The number of ether oxygens (including phenoxy) is 1. The Bertz CT molecular complexity index is 685. The molecular weight excluding hydrogens is 338 g/mol. The third-order valence-corrected chi connectivity index (χ3v) is 5.07. The molecular formula is C18H23N3O5. The summed E-state index contributed by atoms with van der Waals surface area (Å²) in [5.74, 6) is -0.576. The van der Waals surface area contributed by atoms with Gasteiger partial charge in [0.15, 0.2) is 0 Å². The summed E-state index contributed by atoms with van der Waals surface area (Å²) in [5.41, 5.74) is 0.0655. The molecule has 8 nitrogen and oxygen atoms in total. The Morgan fingerprint density at radius 1 is 1.19 bits per heavy atom. The summed E-state index contributed by atoms with van der Waals surface area (Å²) in [7, 11) is 0. The number of carbonyl (C=O) groups is 3. The van der Waals surface area contributed by atoms with E-state index in [1.165, 1.54) is 9.80 Å². The summed E-state index contributed by atoms with van der Waals surface area (Å²) in [5, 5.41) is 9.20. The fraction of sp³-hybridized carbons (Fsp3) is 0.500. The number of esters is 1. The van der Waals surface area contributed by atoms with Gasteiger partial charge in [0.25, 0.3) is 5.91 Å². The van der Waals surface area contributed by atoms with E-state index in [-0.39, 0.29) is 38.8 Å². The molecule has 2 heterocycles. The van der Waals surface area contributed by atoms with Crippen LogP contribution in [0, 0.1) is 0 Å². The standard InChI is InChI=1S/C18H23N3O5/c1-2-26-15(22)12-20-13-21(14-6-4-3-5-7-14)18(16(20)23)8-10-19(11-9-18)17(24)25/h3-7H,2,8-13H2,1H3,(H,24,25). The molecule has 0 saturated carbocycles. The van der Waals surface area contributed by atoms with E-state index in [0.29, 0.717) is 12.8 Å². The molecule has 2 fully saturated rings. The van der Waals surface area contributed by atoms with Crippen LogP contribution in [-0.4, -0.2) is 71.3 Å². The van der Waals surface area contributed by atoms with Crippen LogP contribution in [0.25, 0.3) is 0 Å². The Kier molecular flexibility index (Phi) is 5.01. The van der Waals surface area contributed by atoms with Crippen molar-refractivity contribution in [3.8, 4) is 0 Å². The van der Waals surface area contributed by atoms with Crippen LogP contribution in [0.5, 0.6) is 0 Å². The van der Waals surface area contributed by atoms with E-state index in [1.54, 1.807) is 6.92 Å². The molecule has 0 bridgehead atoms. The SMILES string of the molecule is CCOC(=O)CN1CN(c2ccccc2)C2(CCN(C(=O)O)CC2)C1=O. The first kappa shape index (κ1) is 18.0. The van der Waals surface area contributed by atoms with Crippen LogP contribution >= 0.6 is 0 Å². The molecule has 1 aromatic carbocycles. The van der Waals surface area contributed by atoms with Crippen molar-refractivity contribution in [3.63, 3.8) is 0 Å². The van der Waals surface area contributed by atoms with Crippen LogP contribution in [-0.2, 0) is 14.3 Å². The fourth-order valence-electron chi connectivity index (χ4n) is 3.75. The van der Waals surface area contributed by atoms with Crippen molar-refractivity contribution in [2.24, 2.45) is 0 Å². The molecule has 2 aliphatic rings. The third-order valence-electron chi connectivity index (χ3n) is 5.07. The zero-order valence-electron chi connectivity index (χ0n) is 14.8.